The highest BCUT2D eigenvalue weighted by atomic mass is 79.9. The molecule has 5 heteroatoms. The maximum atomic E-state index is 12.7. The second-order valence-corrected chi connectivity index (χ2v) is 8.70. The first-order chi connectivity index (χ1) is 9.35. The number of sulfonamides is 1. The van der Waals surface area contributed by atoms with Crippen LogP contribution in [0.3, 0.4) is 0 Å². The number of hydrogen-bond acceptors (Lipinski definition) is 2. The molecule has 1 aromatic carbocycles. The second-order valence-electron chi connectivity index (χ2n) is 6.20. The van der Waals surface area contributed by atoms with Crippen LogP contribution in [0.2, 0.25) is 0 Å². The molecule has 0 aliphatic carbocycles. The summed E-state index contributed by atoms with van der Waals surface area (Å²) in [5.74, 6) is 0. The molecule has 1 heterocycles. The van der Waals surface area contributed by atoms with Gasteiger partial charge >= 0.3 is 0 Å². The minimum absolute atomic E-state index is 0.240. The molecule has 0 amide bonds. The molecule has 0 N–H and O–H groups in total. The predicted molar refractivity (Wildman–Crippen MR) is 85.5 cm³/mol. The molecule has 0 radical (unpaired) electrons. The topological polar surface area (TPSA) is 37.4 Å². The normalized spacial score (nSPS) is 20.6. The van der Waals surface area contributed by atoms with Crippen LogP contribution in [0.15, 0.2) is 29.2 Å². The van der Waals surface area contributed by atoms with Crippen molar-refractivity contribution in [1.82, 2.24) is 4.31 Å². The Morgan fingerprint density at radius 1 is 1.15 bits per heavy atom. The monoisotopic (exact) mass is 359 g/mol. The fourth-order valence-corrected chi connectivity index (χ4v) is 4.39. The zero-order valence-electron chi connectivity index (χ0n) is 12.1. The predicted octanol–water partition coefficient (Wildman–Crippen LogP) is 3.78. The van der Waals surface area contributed by atoms with Gasteiger partial charge in [0.25, 0.3) is 0 Å². The van der Waals surface area contributed by atoms with Crippen LogP contribution in [0.4, 0.5) is 0 Å². The van der Waals surface area contributed by atoms with Crippen LogP contribution in [-0.2, 0) is 15.4 Å². The fourth-order valence-electron chi connectivity index (χ4n) is 2.54. The molecule has 2 rings (SSSR count). The van der Waals surface area contributed by atoms with Gasteiger partial charge in [-0.25, -0.2) is 8.42 Å². The highest BCUT2D eigenvalue weighted by Crippen LogP contribution is 2.31. The van der Waals surface area contributed by atoms with Crippen LogP contribution in [0, 0.1) is 5.41 Å². The lowest BCUT2D eigenvalue weighted by Crippen LogP contribution is -2.32. The molecule has 0 unspecified atom stereocenters. The fraction of sp³-hybridized carbons (Fsp3) is 0.600. The number of alkyl halides is 1. The van der Waals surface area contributed by atoms with Gasteiger partial charge in [-0.1, -0.05) is 41.9 Å². The molecule has 1 aliphatic heterocycles. The van der Waals surface area contributed by atoms with Crippen molar-refractivity contribution >= 4 is 26.0 Å². The van der Waals surface area contributed by atoms with E-state index in [0.717, 1.165) is 30.2 Å². The molecule has 1 aromatic rings. The summed E-state index contributed by atoms with van der Waals surface area (Å²) in [4.78, 5) is 0.405. The van der Waals surface area contributed by atoms with E-state index >= 15 is 0 Å². The summed E-state index contributed by atoms with van der Waals surface area (Å²) in [5.41, 5.74) is 1.32. The molecule has 0 spiro atoms. The van der Waals surface area contributed by atoms with Crippen molar-refractivity contribution < 1.29 is 8.42 Å². The Labute approximate surface area is 130 Å². The van der Waals surface area contributed by atoms with Crippen LogP contribution in [0.5, 0.6) is 0 Å². The first-order valence-electron chi connectivity index (χ1n) is 7.00. The van der Waals surface area contributed by atoms with E-state index in [1.165, 1.54) is 0 Å². The average molecular weight is 360 g/mol. The summed E-state index contributed by atoms with van der Waals surface area (Å²) in [6, 6.07) is 7.15. The Balaban J connectivity index is 2.20. The number of benzene rings is 1. The Morgan fingerprint density at radius 3 is 2.40 bits per heavy atom. The maximum Gasteiger partial charge on any atom is 0.243 e. The van der Waals surface area contributed by atoms with Gasteiger partial charge in [0.05, 0.1) is 4.90 Å². The minimum atomic E-state index is -3.34. The van der Waals surface area contributed by atoms with Gasteiger partial charge in [-0.3, -0.25) is 0 Å². The summed E-state index contributed by atoms with van der Waals surface area (Å²) in [7, 11) is -3.34. The lowest BCUT2D eigenvalue weighted by molar-refractivity contribution is 0.315. The first-order valence-corrected chi connectivity index (χ1v) is 9.56. The highest BCUT2D eigenvalue weighted by molar-refractivity contribution is 9.08. The van der Waals surface area contributed by atoms with Crippen molar-refractivity contribution in [2.75, 3.05) is 13.1 Å². The molecule has 0 bridgehead atoms. The third-order valence-electron chi connectivity index (χ3n) is 4.01. The van der Waals surface area contributed by atoms with Gasteiger partial charge in [0.1, 0.15) is 0 Å². The summed E-state index contributed by atoms with van der Waals surface area (Å²) in [6.45, 7) is 5.68. The molecule has 0 saturated carbocycles. The smallest absolute Gasteiger partial charge is 0.207 e. The molecule has 0 aromatic heterocycles. The third-order valence-corrected chi connectivity index (χ3v) is 6.57. The van der Waals surface area contributed by atoms with E-state index in [0.29, 0.717) is 18.0 Å². The van der Waals surface area contributed by atoms with Crippen LogP contribution in [0.25, 0.3) is 0 Å². The van der Waals surface area contributed by atoms with Crippen LogP contribution in [-0.4, -0.2) is 25.8 Å². The van der Waals surface area contributed by atoms with Crippen LogP contribution >= 0.6 is 15.9 Å². The maximum absolute atomic E-state index is 12.7. The van der Waals surface area contributed by atoms with E-state index in [1.807, 2.05) is 12.1 Å². The van der Waals surface area contributed by atoms with Crippen molar-refractivity contribution in [3.8, 4) is 0 Å². The van der Waals surface area contributed by atoms with E-state index < -0.39 is 10.0 Å². The highest BCUT2D eigenvalue weighted by Gasteiger charge is 2.30. The standard InChI is InChI=1S/C15H22BrNO2S/c1-15(2)8-3-10-17(11-9-15)20(18,19)14-6-4-13(12-16)5-7-14/h4-7H,3,8-12H2,1-2H3. The van der Waals surface area contributed by atoms with Gasteiger partial charge in [-0.15, -0.1) is 0 Å². The molecule has 3 nitrogen and oxygen atoms in total. The largest absolute Gasteiger partial charge is 0.243 e. The van der Waals surface area contributed by atoms with E-state index in [2.05, 4.69) is 29.8 Å². The molecule has 1 saturated heterocycles. The second kappa shape index (κ2) is 6.16. The molecule has 0 atom stereocenters. The molecular weight excluding hydrogens is 338 g/mol. The summed E-state index contributed by atoms with van der Waals surface area (Å²) in [6.07, 6.45) is 2.94. The van der Waals surface area contributed by atoms with Crippen molar-refractivity contribution in [1.29, 1.82) is 0 Å². The van der Waals surface area contributed by atoms with E-state index in [-0.39, 0.29) is 5.41 Å². The van der Waals surface area contributed by atoms with E-state index in [1.54, 1.807) is 16.4 Å². The Morgan fingerprint density at radius 2 is 1.80 bits per heavy atom. The summed E-state index contributed by atoms with van der Waals surface area (Å²) < 4.78 is 27.0. The summed E-state index contributed by atoms with van der Waals surface area (Å²) >= 11 is 3.37. The van der Waals surface area contributed by atoms with Gasteiger partial charge in [-0.2, -0.15) is 4.31 Å². The van der Waals surface area contributed by atoms with Gasteiger partial charge in [0, 0.05) is 18.4 Å². The quantitative estimate of drug-likeness (QED) is 0.770. The molecule has 112 valence electrons. The van der Waals surface area contributed by atoms with E-state index in [4.69, 9.17) is 0 Å². The third kappa shape index (κ3) is 3.62. The first kappa shape index (κ1) is 16.0. The van der Waals surface area contributed by atoms with Crippen molar-refractivity contribution in [2.24, 2.45) is 5.41 Å². The Hall–Kier alpha value is -0.390. The van der Waals surface area contributed by atoms with Gasteiger partial charge in [-0.05, 0) is 42.4 Å². The van der Waals surface area contributed by atoms with Crippen molar-refractivity contribution in [3.63, 3.8) is 0 Å². The lowest BCUT2D eigenvalue weighted by atomic mass is 9.85. The minimum Gasteiger partial charge on any atom is -0.207 e. The SMILES string of the molecule is CC1(C)CCCN(S(=O)(=O)c2ccc(CBr)cc2)CC1. The molecule has 1 fully saturated rings. The zero-order chi connectivity index (χ0) is 14.8. The van der Waals surface area contributed by atoms with Crippen molar-refractivity contribution in [2.45, 2.75) is 43.3 Å². The van der Waals surface area contributed by atoms with Crippen molar-refractivity contribution in [3.05, 3.63) is 29.8 Å². The van der Waals surface area contributed by atoms with Gasteiger partial charge in [0.2, 0.25) is 10.0 Å². The summed E-state index contributed by atoms with van der Waals surface area (Å²) in [5, 5.41) is 0.741. The van der Waals surface area contributed by atoms with Crippen LogP contribution < -0.4 is 0 Å². The lowest BCUT2D eigenvalue weighted by Gasteiger charge is -2.23. The van der Waals surface area contributed by atoms with Crippen LogP contribution in [0.1, 0.15) is 38.7 Å². The van der Waals surface area contributed by atoms with E-state index in [9.17, 15) is 8.42 Å². The van der Waals surface area contributed by atoms with Gasteiger partial charge in [0.15, 0.2) is 0 Å². The average Bonchev–Trinajstić information content (AvgIpc) is 2.60. The number of halogens is 1. The zero-order valence-corrected chi connectivity index (χ0v) is 14.5. The number of rotatable bonds is 3. The Bertz CT molecular complexity index is 552. The number of nitrogens with zero attached hydrogens (tertiary/aromatic N) is 1. The molecule has 1 aliphatic rings. The number of hydrogen-bond donors (Lipinski definition) is 0. The van der Waals surface area contributed by atoms with Gasteiger partial charge < -0.3 is 0 Å². The molecular formula is C15H22BrNO2S. The Kier molecular flexibility index (Phi) is 4.92. The molecule has 20 heavy (non-hydrogen) atoms.